The number of halogens is 1. The Morgan fingerprint density at radius 3 is 3.08 bits per heavy atom. The Morgan fingerprint density at radius 2 is 2.38 bits per heavy atom. The Morgan fingerprint density at radius 1 is 1.62 bits per heavy atom. The molecular weight excluding hydrogens is 186 g/mol. The average Bonchev–Trinajstić information content (AvgIpc) is 2.46. The molecule has 1 aliphatic heterocycles. The molecule has 0 aliphatic carbocycles. The van der Waals surface area contributed by atoms with Crippen molar-refractivity contribution in [3.8, 4) is 0 Å². The van der Waals surface area contributed by atoms with Crippen LogP contribution in [0, 0.1) is 0 Å². The Labute approximate surface area is 82.5 Å². The molecule has 1 aromatic carbocycles. The molecule has 2 N–H and O–H groups in total. The van der Waals surface area contributed by atoms with Gasteiger partial charge in [-0.25, -0.2) is 0 Å². The molecule has 2 unspecified atom stereocenters. The first-order valence-corrected chi connectivity index (χ1v) is 4.77. The molecule has 0 amide bonds. The van der Waals surface area contributed by atoms with Crippen molar-refractivity contribution in [1.82, 2.24) is 0 Å². The number of nitrogens with one attached hydrogen (secondary N) is 1. The summed E-state index contributed by atoms with van der Waals surface area (Å²) in [5.41, 5.74) is 2.22. The van der Waals surface area contributed by atoms with Gasteiger partial charge in [0.1, 0.15) is 0 Å². The van der Waals surface area contributed by atoms with Gasteiger partial charge in [-0.2, -0.15) is 0 Å². The van der Waals surface area contributed by atoms with Gasteiger partial charge >= 0.3 is 0 Å². The van der Waals surface area contributed by atoms with E-state index in [1.54, 1.807) is 0 Å². The zero-order valence-electron chi connectivity index (χ0n) is 7.42. The van der Waals surface area contributed by atoms with Crippen molar-refractivity contribution in [3.05, 3.63) is 28.8 Å². The Kier molecular flexibility index (Phi) is 2.18. The van der Waals surface area contributed by atoms with Gasteiger partial charge in [-0.3, -0.25) is 0 Å². The highest BCUT2D eigenvalue weighted by Gasteiger charge is 2.25. The molecule has 0 fully saturated rings. The van der Waals surface area contributed by atoms with E-state index in [2.05, 4.69) is 5.32 Å². The van der Waals surface area contributed by atoms with E-state index in [0.717, 1.165) is 22.8 Å². The van der Waals surface area contributed by atoms with Crippen molar-refractivity contribution in [2.45, 2.75) is 18.9 Å². The highest BCUT2D eigenvalue weighted by atomic mass is 35.5. The lowest BCUT2D eigenvalue weighted by Gasteiger charge is -2.12. The van der Waals surface area contributed by atoms with Crippen LogP contribution in [-0.4, -0.2) is 17.8 Å². The van der Waals surface area contributed by atoms with Gasteiger partial charge in [0.15, 0.2) is 0 Å². The summed E-state index contributed by atoms with van der Waals surface area (Å²) < 4.78 is 0. The van der Waals surface area contributed by atoms with Gasteiger partial charge in [-0.15, -0.1) is 0 Å². The van der Waals surface area contributed by atoms with E-state index in [4.69, 9.17) is 11.6 Å². The summed E-state index contributed by atoms with van der Waals surface area (Å²) >= 11 is 5.88. The first kappa shape index (κ1) is 8.85. The highest BCUT2D eigenvalue weighted by Crippen LogP contribution is 2.35. The second-order valence-corrected chi connectivity index (χ2v) is 3.90. The van der Waals surface area contributed by atoms with Crippen LogP contribution in [0.2, 0.25) is 5.02 Å². The fourth-order valence-electron chi connectivity index (χ4n) is 1.76. The van der Waals surface area contributed by atoms with Gasteiger partial charge in [0, 0.05) is 23.2 Å². The average molecular weight is 198 g/mol. The third-order valence-electron chi connectivity index (χ3n) is 2.51. The lowest BCUT2D eigenvalue weighted by Crippen LogP contribution is -2.16. The minimum absolute atomic E-state index is 0.175. The fourth-order valence-corrected chi connectivity index (χ4v) is 1.94. The van der Waals surface area contributed by atoms with Gasteiger partial charge in [-0.1, -0.05) is 11.6 Å². The molecule has 13 heavy (non-hydrogen) atoms. The SMILES string of the molecule is CC(O)C1CNc2ccc(Cl)cc21. The van der Waals surface area contributed by atoms with E-state index < -0.39 is 0 Å². The van der Waals surface area contributed by atoms with Crippen LogP contribution in [-0.2, 0) is 0 Å². The summed E-state index contributed by atoms with van der Waals surface area (Å²) in [4.78, 5) is 0. The summed E-state index contributed by atoms with van der Waals surface area (Å²) in [5.74, 6) is 0.175. The minimum Gasteiger partial charge on any atom is -0.393 e. The van der Waals surface area contributed by atoms with E-state index in [1.807, 2.05) is 25.1 Å². The van der Waals surface area contributed by atoms with Crippen molar-refractivity contribution in [1.29, 1.82) is 0 Å². The smallest absolute Gasteiger partial charge is 0.0598 e. The predicted octanol–water partition coefficient (Wildman–Crippen LogP) is 2.23. The van der Waals surface area contributed by atoms with Crippen molar-refractivity contribution in [2.24, 2.45) is 0 Å². The summed E-state index contributed by atoms with van der Waals surface area (Å²) in [5, 5.41) is 13.5. The molecule has 1 aliphatic rings. The van der Waals surface area contributed by atoms with Gasteiger partial charge in [0.25, 0.3) is 0 Å². The van der Waals surface area contributed by atoms with E-state index >= 15 is 0 Å². The van der Waals surface area contributed by atoms with Crippen LogP contribution >= 0.6 is 11.6 Å². The molecule has 0 saturated carbocycles. The van der Waals surface area contributed by atoms with Crippen molar-refractivity contribution in [3.63, 3.8) is 0 Å². The molecule has 1 heterocycles. The molecule has 0 radical (unpaired) electrons. The zero-order valence-corrected chi connectivity index (χ0v) is 8.17. The van der Waals surface area contributed by atoms with Crippen LogP contribution in [0.5, 0.6) is 0 Å². The van der Waals surface area contributed by atoms with Crippen LogP contribution in [0.1, 0.15) is 18.4 Å². The number of aliphatic hydroxyl groups excluding tert-OH is 1. The number of rotatable bonds is 1. The number of hydrogen-bond acceptors (Lipinski definition) is 2. The first-order valence-electron chi connectivity index (χ1n) is 4.40. The lowest BCUT2D eigenvalue weighted by molar-refractivity contribution is 0.169. The van der Waals surface area contributed by atoms with Crippen molar-refractivity contribution < 1.29 is 5.11 Å². The van der Waals surface area contributed by atoms with Gasteiger partial charge in [0.2, 0.25) is 0 Å². The molecule has 2 rings (SSSR count). The number of anilines is 1. The monoisotopic (exact) mass is 197 g/mol. The van der Waals surface area contributed by atoms with Crippen LogP contribution < -0.4 is 5.32 Å². The van der Waals surface area contributed by atoms with Crippen molar-refractivity contribution >= 4 is 17.3 Å². The second kappa shape index (κ2) is 3.20. The maximum atomic E-state index is 9.51. The summed E-state index contributed by atoms with van der Waals surface area (Å²) in [7, 11) is 0. The maximum absolute atomic E-state index is 9.51. The lowest BCUT2D eigenvalue weighted by atomic mass is 9.97. The van der Waals surface area contributed by atoms with Gasteiger partial charge < -0.3 is 10.4 Å². The molecule has 0 aromatic heterocycles. The van der Waals surface area contributed by atoms with E-state index in [0.29, 0.717) is 0 Å². The van der Waals surface area contributed by atoms with Crippen molar-refractivity contribution in [2.75, 3.05) is 11.9 Å². The van der Waals surface area contributed by atoms with Crippen LogP contribution in [0.25, 0.3) is 0 Å². The topological polar surface area (TPSA) is 32.3 Å². The summed E-state index contributed by atoms with van der Waals surface area (Å²) in [6.07, 6.45) is -0.327. The van der Waals surface area contributed by atoms with Gasteiger partial charge in [-0.05, 0) is 30.7 Å². The quantitative estimate of drug-likeness (QED) is 0.724. The minimum atomic E-state index is -0.327. The summed E-state index contributed by atoms with van der Waals surface area (Å²) in [6, 6.07) is 5.74. The third kappa shape index (κ3) is 1.52. The number of hydrogen-bond donors (Lipinski definition) is 2. The number of aliphatic hydroxyl groups is 1. The second-order valence-electron chi connectivity index (χ2n) is 3.46. The van der Waals surface area contributed by atoms with Crippen LogP contribution in [0.15, 0.2) is 18.2 Å². The zero-order chi connectivity index (χ0) is 9.42. The molecule has 1 aromatic rings. The largest absolute Gasteiger partial charge is 0.393 e. The highest BCUT2D eigenvalue weighted by molar-refractivity contribution is 6.30. The Hall–Kier alpha value is -0.730. The van der Waals surface area contributed by atoms with E-state index in [9.17, 15) is 5.11 Å². The predicted molar refractivity (Wildman–Crippen MR) is 54.4 cm³/mol. The van der Waals surface area contributed by atoms with Crippen LogP contribution in [0.4, 0.5) is 5.69 Å². The van der Waals surface area contributed by atoms with E-state index in [-0.39, 0.29) is 12.0 Å². The Bertz CT molecular complexity index is 325. The first-order chi connectivity index (χ1) is 6.18. The standard InChI is InChI=1S/C10H12ClNO/c1-6(13)9-5-12-10-3-2-7(11)4-8(9)10/h2-4,6,9,12-13H,5H2,1H3. The molecule has 70 valence electrons. The number of fused-ring (bicyclic) bond motifs is 1. The molecule has 0 bridgehead atoms. The van der Waals surface area contributed by atoms with E-state index in [1.165, 1.54) is 0 Å². The molecule has 2 atom stereocenters. The summed E-state index contributed by atoms with van der Waals surface area (Å²) in [6.45, 7) is 2.61. The normalized spacial score (nSPS) is 22.2. The third-order valence-corrected chi connectivity index (χ3v) is 2.74. The molecule has 0 spiro atoms. The molecule has 3 heteroatoms. The fraction of sp³-hybridized carbons (Fsp3) is 0.400. The maximum Gasteiger partial charge on any atom is 0.0598 e. The molecule has 0 saturated heterocycles. The molecular formula is C10H12ClNO. The van der Waals surface area contributed by atoms with Gasteiger partial charge in [0.05, 0.1) is 6.10 Å². The Balaban J connectivity index is 2.40. The number of benzene rings is 1. The molecule has 2 nitrogen and oxygen atoms in total. The van der Waals surface area contributed by atoms with Crippen LogP contribution in [0.3, 0.4) is 0 Å².